The van der Waals surface area contributed by atoms with Crippen LogP contribution in [0, 0.1) is 5.82 Å². The highest BCUT2D eigenvalue weighted by Crippen LogP contribution is 2.37. The first-order valence-corrected chi connectivity index (χ1v) is 9.86. The van der Waals surface area contributed by atoms with Crippen LogP contribution in [0.5, 0.6) is 5.75 Å². The molecular weight excluding hydrogens is 365 g/mol. The van der Waals surface area contributed by atoms with E-state index in [0.717, 1.165) is 37.0 Å². The van der Waals surface area contributed by atoms with Crippen molar-refractivity contribution >= 4 is 11.0 Å². The molecule has 0 amide bonds. The Hall–Kier alpha value is -3.11. The van der Waals surface area contributed by atoms with E-state index in [-0.39, 0.29) is 5.82 Å². The van der Waals surface area contributed by atoms with Crippen LogP contribution in [0.25, 0.3) is 22.3 Å². The molecule has 4 heteroatoms. The Bertz CT molecular complexity index is 1180. The first-order chi connectivity index (χ1) is 14.2. The Morgan fingerprint density at radius 1 is 1.00 bits per heavy atom. The van der Waals surface area contributed by atoms with E-state index in [1.807, 2.05) is 18.2 Å². The average Bonchev–Trinajstić information content (AvgIpc) is 3.20. The van der Waals surface area contributed by atoms with Gasteiger partial charge < -0.3 is 9.15 Å². The smallest absolute Gasteiger partial charge is 0.176 e. The van der Waals surface area contributed by atoms with Crippen molar-refractivity contribution in [3.8, 4) is 17.1 Å². The van der Waals surface area contributed by atoms with Crippen molar-refractivity contribution in [3.05, 3.63) is 89.2 Å². The van der Waals surface area contributed by atoms with Crippen LogP contribution in [-0.2, 0) is 19.5 Å². The zero-order valence-electron chi connectivity index (χ0n) is 16.3. The second kappa shape index (κ2) is 7.37. The molecule has 1 aliphatic heterocycles. The molecule has 0 saturated carbocycles. The van der Waals surface area contributed by atoms with Crippen molar-refractivity contribution < 1.29 is 13.5 Å². The average molecular weight is 387 g/mol. The minimum absolute atomic E-state index is 0.292. The van der Waals surface area contributed by atoms with Crippen LogP contribution in [-0.4, -0.2) is 18.6 Å². The zero-order chi connectivity index (χ0) is 19.8. The molecule has 2 heterocycles. The topological polar surface area (TPSA) is 25.6 Å². The van der Waals surface area contributed by atoms with E-state index in [4.69, 9.17) is 9.15 Å². The Morgan fingerprint density at radius 2 is 1.79 bits per heavy atom. The molecule has 3 aromatic carbocycles. The van der Waals surface area contributed by atoms with Gasteiger partial charge in [-0.2, -0.15) is 0 Å². The molecule has 5 rings (SSSR count). The predicted octanol–water partition coefficient (Wildman–Crippen LogP) is 5.81. The molecule has 1 aromatic heterocycles. The number of rotatable bonds is 4. The molecule has 0 radical (unpaired) electrons. The first kappa shape index (κ1) is 18.0. The van der Waals surface area contributed by atoms with Gasteiger partial charge in [0.2, 0.25) is 0 Å². The third-order valence-electron chi connectivity index (χ3n) is 5.70. The molecule has 4 aromatic rings. The second-order valence-corrected chi connectivity index (χ2v) is 7.49. The summed E-state index contributed by atoms with van der Waals surface area (Å²) in [6.07, 6.45) is 1.06. The normalized spacial score (nSPS) is 14.1. The third-order valence-corrected chi connectivity index (χ3v) is 5.70. The van der Waals surface area contributed by atoms with E-state index < -0.39 is 0 Å². The van der Waals surface area contributed by atoms with Crippen LogP contribution in [0.15, 0.2) is 71.1 Å². The van der Waals surface area contributed by atoms with Gasteiger partial charge in [-0.15, -0.1) is 0 Å². The van der Waals surface area contributed by atoms with Gasteiger partial charge in [-0.25, -0.2) is 4.39 Å². The maximum Gasteiger partial charge on any atom is 0.176 e. The van der Waals surface area contributed by atoms with Gasteiger partial charge in [0.1, 0.15) is 11.6 Å². The number of methoxy groups -OCH3 is 1. The molecule has 0 unspecified atom stereocenters. The lowest BCUT2D eigenvalue weighted by molar-refractivity contribution is 0.246. The quantitative estimate of drug-likeness (QED) is 0.442. The van der Waals surface area contributed by atoms with Crippen molar-refractivity contribution in [3.63, 3.8) is 0 Å². The van der Waals surface area contributed by atoms with Gasteiger partial charge in [0, 0.05) is 25.0 Å². The fourth-order valence-electron chi connectivity index (χ4n) is 4.18. The van der Waals surface area contributed by atoms with Gasteiger partial charge in [-0.1, -0.05) is 42.5 Å². The fraction of sp³-hybridized carbons (Fsp3) is 0.200. The van der Waals surface area contributed by atoms with Crippen molar-refractivity contribution in [1.29, 1.82) is 0 Å². The molecule has 29 heavy (non-hydrogen) atoms. The van der Waals surface area contributed by atoms with Crippen LogP contribution >= 0.6 is 0 Å². The van der Waals surface area contributed by atoms with Crippen LogP contribution in [0.3, 0.4) is 0 Å². The molecular formula is C25H22FNO2. The van der Waals surface area contributed by atoms with E-state index >= 15 is 0 Å². The van der Waals surface area contributed by atoms with Gasteiger partial charge in [0.25, 0.3) is 0 Å². The van der Waals surface area contributed by atoms with E-state index in [0.29, 0.717) is 22.7 Å². The van der Waals surface area contributed by atoms with Crippen molar-refractivity contribution in [1.82, 2.24) is 4.90 Å². The van der Waals surface area contributed by atoms with Crippen LogP contribution in [0.2, 0.25) is 0 Å². The van der Waals surface area contributed by atoms with E-state index in [2.05, 4.69) is 35.2 Å². The highest BCUT2D eigenvalue weighted by Gasteiger charge is 2.20. The Balaban J connectivity index is 1.52. The summed E-state index contributed by atoms with van der Waals surface area (Å²) in [5.41, 5.74) is 5.12. The van der Waals surface area contributed by atoms with Crippen LogP contribution in [0.4, 0.5) is 4.39 Å². The maximum absolute atomic E-state index is 14.3. The summed E-state index contributed by atoms with van der Waals surface area (Å²) in [4.78, 5) is 2.44. The molecule has 0 atom stereocenters. The fourth-order valence-corrected chi connectivity index (χ4v) is 4.18. The lowest BCUT2D eigenvalue weighted by atomic mass is 9.99. The number of halogens is 1. The zero-order valence-corrected chi connectivity index (χ0v) is 16.3. The number of ether oxygens (including phenoxy) is 1. The van der Waals surface area contributed by atoms with Gasteiger partial charge in [-0.05, 0) is 47.4 Å². The van der Waals surface area contributed by atoms with Crippen molar-refractivity contribution in [2.24, 2.45) is 0 Å². The minimum atomic E-state index is -0.292. The minimum Gasteiger partial charge on any atom is -0.493 e. The van der Waals surface area contributed by atoms with Crippen LogP contribution < -0.4 is 4.74 Å². The van der Waals surface area contributed by atoms with E-state index in [9.17, 15) is 4.39 Å². The molecule has 0 saturated heterocycles. The summed E-state index contributed by atoms with van der Waals surface area (Å²) >= 11 is 0. The molecule has 0 aliphatic carbocycles. The summed E-state index contributed by atoms with van der Waals surface area (Å²) in [5.74, 6) is 0.892. The van der Waals surface area contributed by atoms with Crippen molar-refractivity contribution in [2.75, 3.05) is 13.7 Å². The summed E-state index contributed by atoms with van der Waals surface area (Å²) in [7, 11) is 1.63. The molecule has 0 fully saturated rings. The van der Waals surface area contributed by atoms with Crippen molar-refractivity contribution in [2.45, 2.75) is 19.5 Å². The predicted molar refractivity (Wildman–Crippen MR) is 112 cm³/mol. The molecule has 3 nitrogen and oxygen atoms in total. The Kier molecular flexibility index (Phi) is 4.57. The number of furan rings is 1. The first-order valence-electron chi connectivity index (χ1n) is 9.86. The summed E-state index contributed by atoms with van der Waals surface area (Å²) in [6, 6.07) is 21.3. The molecule has 0 spiro atoms. The summed E-state index contributed by atoms with van der Waals surface area (Å²) < 4.78 is 25.9. The molecule has 1 aliphatic rings. The lowest BCUT2D eigenvalue weighted by Gasteiger charge is -2.29. The number of nitrogens with zero attached hydrogens (tertiary/aromatic N) is 1. The van der Waals surface area contributed by atoms with Gasteiger partial charge >= 0.3 is 0 Å². The number of hydrogen-bond acceptors (Lipinski definition) is 3. The molecule has 0 bridgehead atoms. The van der Waals surface area contributed by atoms with Gasteiger partial charge in [0.15, 0.2) is 11.3 Å². The number of benzene rings is 3. The molecule has 146 valence electrons. The highest BCUT2D eigenvalue weighted by molar-refractivity contribution is 5.90. The Labute approximate surface area is 169 Å². The maximum atomic E-state index is 14.3. The summed E-state index contributed by atoms with van der Waals surface area (Å²) in [6.45, 7) is 2.76. The largest absolute Gasteiger partial charge is 0.493 e. The lowest BCUT2D eigenvalue weighted by Crippen LogP contribution is -2.30. The number of hydrogen-bond donors (Lipinski definition) is 0. The standard InChI is InChI=1S/C25H22FNO2/c1-28-23-11-10-19(16-27-13-12-17-6-2-3-7-18(17)15-27)21-14-24(29-25(21)23)20-8-4-5-9-22(20)26/h2-11,14H,12-13,15-16H2,1H3. The van der Waals surface area contributed by atoms with Crippen LogP contribution in [0.1, 0.15) is 16.7 Å². The van der Waals surface area contributed by atoms with Gasteiger partial charge in [0.05, 0.1) is 12.7 Å². The van der Waals surface area contributed by atoms with Gasteiger partial charge in [-0.3, -0.25) is 4.90 Å². The monoisotopic (exact) mass is 387 g/mol. The second-order valence-electron chi connectivity index (χ2n) is 7.49. The number of fused-ring (bicyclic) bond motifs is 2. The SMILES string of the molecule is COc1ccc(CN2CCc3ccccc3C2)c2cc(-c3ccccc3F)oc12. The Morgan fingerprint density at radius 3 is 2.62 bits per heavy atom. The molecule has 0 N–H and O–H groups in total. The third kappa shape index (κ3) is 3.30. The highest BCUT2D eigenvalue weighted by atomic mass is 19.1. The van der Waals surface area contributed by atoms with E-state index in [1.165, 1.54) is 17.2 Å². The summed E-state index contributed by atoms with van der Waals surface area (Å²) in [5, 5.41) is 0.974. The van der Waals surface area contributed by atoms with E-state index in [1.54, 1.807) is 19.2 Å².